The average Bonchev–Trinajstić information content (AvgIpc) is 3.27. The largest absolute Gasteiger partial charge is 0.481 e. The van der Waals surface area contributed by atoms with Crippen molar-refractivity contribution in [1.82, 2.24) is 15.2 Å². The molecule has 0 radical (unpaired) electrons. The number of hydrogen-bond donors (Lipinski definition) is 2. The molecule has 2 heterocycles. The van der Waals surface area contributed by atoms with E-state index in [-0.39, 0.29) is 0 Å². The minimum absolute atomic E-state index is 0.666. The number of pyridine rings is 1. The molecule has 23 heavy (non-hydrogen) atoms. The molecule has 0 saturated heterocycles. The summed E-state index contributed by atoms with van der Waals surface area (Å²) < 4.78 is 0. The van der Waals surface area contributed by atoms with Gasteiger partial charge in [-0.25, -0.2) is 0 Å². The molecule has 3 aromatic rings. The van der Waals surface area contributed by atoms with Gasteiger partial charge in [0.05, 0.1) is 17.3 Å². The van der Waals surface area contributed by atoms with E-state index in [1.54, 1.807) is 18.6 Å². The van der Waals surface area contributed by atoms with Gasteiger partial charge >= 0.3 is 5.97 Å². The molecular weight excluding hydrogens is 290 g/mol. The third-order valence-electron chi connectivity index (χ3n) is 4.50. The topological polar surface area (TPSA) is 78.9 Å². The van der Waals surface area contributed by atoms with Gasteiger partial charge in [-0.2, -0.15) is 5.10 Å². The van der Waals surface area contributed by atoms with Gasteiger partial charge in [0.1, 0.15) is 0 Å². The van der Waals surface area contributed by atoms with Gasteiger partial charge in [-0.05, 0) is 36.1 Å². The summed E-state index contributed by atoms with van der Waals surface area (Å²) in [5, 5.41) is 16.5. The summed E-state index contributed by atoms with van der Waals surface area (Å²) in [4.78, 5) is 15.6. The van der Waals surface area contributed by atoms with Crippen molar-refractivity contribution < 1.29 is 9.90 Å². The summed E-state index contributed by atoms with van der Waals surface area (Å²) in [6.07, 6.45) is 6.73. The molecular formula is C18H15N3O2. The molecule has 0 spiro atoms. The second-order valence-corrected chi connectivity index (χ2v) is 5.86. The molecule has 1 aliphatic rings. The highest BCUT2D eigenvalue weighted by Crippen LogP contribution is 2.48. The SMILES string of the molecule is O=C(O)C1(c2ccc(-c3cn[nH]c3-c3cccnc3)cc2)CC1. The van der Waals surface area contributed by atoms with Crippen molar-refractivity contribution in [3.8, 4) is 22.4 Å². The third kappa shape index (κ3) is 2.21. The van der Waals surface area contributed by atoms with Crippen molar-refractivity contribution in [2.45, 2.75) is 18.3 Å². The first-order valence-corrected chi connectivity index (χ1v) is 7.49. The summed E-state index contributed by atoms with van der Waals surface area (Å²) in [7, 11) is 0. The van der Waals surface area contributed by atoms with Crippen LogP contribution in [0.15, 0.2) is 55.0 Å². The Balaban J connectivity index is 1.71. The lowest BCUT2D eigenvalue weighted by Crippen LogP contribution is -2.19. The van der Waals surface area contributed by atoms with Crippen LogP contribution in [0.1, 0.15) is 18.4 Å². The number of benzene rings is 1. The maximum Gasteiger partial charge on any atom is 0.314 e. The van der Waals surface area contributed by atoms with Gasteiger partial charge in [-0.15, -0.1) is 0 Å². The van der Waals surface area contributed by atoms with E-state index >= 15 is 0 Å². The summed E-state index contributed by atoms with van der Waals surface area (Å²) >= 11 is 0. The lowest BCUT2D eigenvalue weighted by molar-refractivity contribution is -0.140. The predicted octanol–water partition coefficient (Wildman–Crippen LogP) is 3.25. The molecule has 2 N–H and O–H groups in total. The van der Waals surface area contributed by atoms with Crippen LogP contribution in [-0.2, 0) is 10.2 Å². The first-order chi connectivity index (χ1) is 11.2. The number of aromatic amines is 1. The van der Waals surface area contributed by atoms with Gasteiger partial charge in [-0.1, -0.05) is 24.3 Å². The Hall–Kier alpha value is -2.95. The van der Waals surface area contributed by atoms with Crippen LogP contribution >= 0.6 is 0 Å². The maximum absolute atomic E-state index is 11.4. The normalized spacial score (nSPS) is 15.3. The minimum atomic E-state index is -0.732. The molecule has 5 nitrogen and oxygen atoms in total. The summed E-state index contributed by atoms with van der Waals surface area (Å²) in [5.74, 6) is -0.732. The number of nitrogens with zero attached hydrogens (tertiary/aromatic N) is 2. The van der Waals surface area contributed by atoms with Crippen LogP contribution in [0.2, 0.25) is 0 Å². The summed E-state index contributed by atoms with van der Waals surface area (Å²) in [5.41, 5.74) is 4.06. The first kappa shape index (κ1) is 13.7. The summed E-state index contributed by atoms with van der Waals surface area (Å²) in [6.45, 7) is 0. The molecule has 0 aliphatic heterocycles. The molecule has 0 bridgehead atoms. The van der Waals surface area contributed by atoms with Crippen LogP contribution in [0.4, 0.5) is 0 Å². The predicted molar refractivity (Wildman–Crippen MR) is 85.8 cm³/mol. The quantitative estimate of drug-likeness (QED) is 0.775. The van der Waals surface area contributed by atoms with Crippen molar-refractivity contribution in [2.24, 2.45) is 0 Å². The number of nitrogens with one attached hydrogen (secondary N) is 1. The van der Waals surface area contributed by atoms with E-state index in [1.807, 2.05) is 36.4 Å². The summed E-state index contributed by atoms with van der Waals surface area (Å²) in [6, 6.07) is 11.6. The molecule has 1 aliphatic carbocycles. The van der Waals surface area contributed by atoms with Crippen LogP contribution in [0.25, 0.3) is 22.4 Å². The van der Waals surface area contributed by atoms with Crippen molar-refractivity contribution in [2.75, 3.05) is 0 Å². The molecule has 0 unspecified atom stereocenters. The van der Waals surface area contributed by atoms with Crippen LogP contribution in [0, 0.1) is 0 Å². The Kier molecular flexibility index (Phi) is 3.01. The molecule has 4 rings (SSSR count). The van der Waals surface area contributed by atoms with Crippen LogP contribution in [0.3, 0.4) is 0 Å². The Morgan fingerprint density at radius 2 is 1.87 bits per heavy atom. The zero-order valence-electron chi connectivity index (χ0n) is 12.4. The van der Waals surface area contributed by atoms with E-state index in [4.69, 9.17) is 0 Å². The highest BCUT2D eigenvalue weighted by atomic mass is 16.4. The van der Waals surface area contributed by atoms with Crippen LogP contribution < -0.4 is 0 Å². The monoisotopic (exact) mass is 305 g/mol. The highest BCUT2D eigenvalue weighted by Gasteiger charge is 2.51. The molecule has 2 aromatic heterocycles. The lowest BCUT2D eigenvalue weighted by Gasteiger charge is -2.11. The smallest absolute Gasteiger partial charge is 0.314 e. The van der Waals surface area contributed by atoms with Crippen molar-refractivity contribution >= 4 is 5.97 Å². The van der Waals surface area contributed by atoms with Crippen molar-refractivity contribution in [3.05, 3.63) is 60.6 Å². The number of carbonyl (C=O) groups is 1. The standard InChI is InChI=1S/C18H15N3O2/c22-17(23)18(7-8-18)14-5-3-12(4-6-14)15-11-20-21-16(15)13-2-1-9-19-10-13/h1-6,9-11H,7-8H2,(H,20,21)(H,22,23). The van der Waals surface area contributed by atoms with E-state index in [0.29, 0.717) is 12.8 Å². The number of carboxylic acid groups (broad SMARTS) is 1. The third-order valence-corrected chi connectivity index (χ3v) is 4.50. The molecule has 0 amide bonds. The fourth-order valence-corrected chi connectivity index (χ4v) is 2.96. The van der Waals surface area contributed by atoms with E-state index in [1.165, 1.54) is 0 Å². The zero-order chi connectivity index (χ0) is 15.9. The Bertz CT molecular complexity index is 849. The lowest BCUT2D eigenvalue weighted by atomic mass is 9.93. The highest BCUT2D eigenvalue weighted by molar-refractivity contribution is 5.86. The Morgan fingerprint density at radius 3 is 2.48 bits per heavy atom. The number of rotatable bonds is 4. The molecule has 5 heteroatoms. The zero-order valence-corrected chi connectivity index (χ0v) is 12.4. The van der Waals surface area contributed by atoms with Gasteiger partial charge < -0.3 is 5.11 Å². The second-order valence-electron chi connectivity index (χ2n) is 5.86. The average molecular weight is 305 g/mol. The number of H-pyrrole nitrogens is 1. The van der Waals surface area contributed by atoms with Crippen LogP contribution in [-0.4, -0.2) is 26.3 Å². The maximum atomic E-state index is 11.4. The van der Waals surface area contributed by atoms with Crippen molar-refractivity contribution in [1.29, 1.82) is 0 Å². The van der Waals surface area contributed by atoms with E-state index in [2.05, 4.69) is 15.2 Å². The molecule has 0 atom stereocenters. The molecule has 1 fully saturated rings. The fourth-order valence-electron chi connectivity index (χ4n) is 2.96. The molecule has 114 valence electrons. The molecule has 1 aromatic carbocycles. The Morgan fingerprint density at radius 1 is 1.09 bits per heavy atom. The Labute approximate surface area is 133 Å². The number of aromatic nitrogens is 3. The van der Waals surface area contributed by atoms with Gasteiger partial charge in [0, 0.05) is 23.5 Å². The van der Waals surface area contributed by atoms with Gasteiger partial charge in [0.2, 0.25) is 0 Å². The van der Waals surface area contributed by atoms with Gasteiger partial charge in [0.15, 0.2) is 0 Å². The number of hydrogen-bond acceptors (Lipinski definition) is 3. The van der Waals surface area contributed by atoms with Gasteiger partial charge in [0.25, 0.3) is 0 Å². The van der Waals surface area contributed by atoms with E-state index in [9.17, 15) is 9.90 Å². The molecule has 1 saturated carbocycles. The van der Waals surface area contributed by atoms with Gasteiger partial charge in [-0.3, -0.25) is 14.9 Å². The number of aliphatic carboxylic acids is 1. The fraction of sp³-hybridized carbons (Fsp3) is 0.167. The van der Waals surface area contributed by atoms with Crippen molar-refractivity contribution in [3.63, 3.8) is 0 Å². The van der Waals surface area contributed by atoms with Crippen LogP contribution in [0.5, 0.6) is 0 Å². The second kappa shape index (κ2) is 5.05. The van der Waals surface area contributed by atoms with E-state index < -0.39 is 11.4 Å². The number of carboxylic acids is 1. The minimum Gasteiger partial charge on any atom is -0.481 e. The first-order valence-electron chi connectivity index (χ1n) is 7.49. The van der Waals surface area contributed by atoms with E-state index in [0.717, 1.165) is 27.9 Å².